The molecule has 0 atom stereocenters. The van der Waals surface area contributed by atoms with Crippen LogP contribution in [0.4, 0.5) is 0 Å². The Kier molecular flexibility index (Phi) is 6.81. The minimum atomic E-state index is -0.259. The maximum absolute atomic E-state index is 11.9. The van der Waals surface area contributed by atoms with Crippen LogP contribution in [0, 0.1) is 0 Å². The summed E-state index contributed by atoms with van der Waals surface area (Å²) in [7, 11) is 0. The molecule has 0 unspecified atom stereocenters. The van der Waals surface area contributed by atoms with Gasteiger partial charge >= 0.3 is 0 Å². The van der Waals surface area contributed by atoms with Gasteiger partial charge in [0.2, 0.25) is 5.91 Å². The first-order valence-corrected chi connectivity index (χ1v) is 8.29. The SMILES string of the molecule is O=C(CNC(=O)c1cccc(Br)c1)NCCCc1ccccc1. The van der Waals surface area contributed by atoms with Gasteiger partial charge in [0.25, 0.3) is 5.91 Å². The molecule has 0 radical (unpaired) electrons. The van der Waals surface area contributed by atoms with Crippen LogP contribution in [-0.2, 0) is 11.2 Å². The molecule has 0 saturated carbocycles. The molecule has 2 aromatic carbocycles. The van der Waals surface area contributed by atoms with Crippen molar-refractivity contribution in [1.29, 1.82) is 0 Å². The van der Waals surface area contributed by atoms with Crippen molar-refractivity contribution in [2.24, 2.45) is 0 Å². The number of amides is 2. The molecule has 0 saturated heterocycles. The Hall–Kier alpha value is -2.14. The molecular formula is C18H19BrN2O2. The summed E-state index contributed by atoms with van der Waals surface area (Å²) in [5, 5.41) is 5.42. The highest BCUT2D eigenvalue weighted by Gasteiger charge is 2.07. The first-order chi connectivity index (χ1) is 11.1. The lowest BCUT2D eigenvalue weighted by Gasteiger charge is -2.07. The summed E-state index contributed by atoms with van der Waals surface area (Å²) in [6, 6.07) is 17.2. The quantitative estimate of drug-likeness (QED) is 0.732. The second kappa shape index (κ2) is 9.10. The fourth-order valence-electron chi connectivity index (χ4n) is 2.12. The van der Waals surface area contributed by atoms with Crippen LogP contribution in [0.3, 0.4) is 0 Å². The minimum Gasteiger partial charge on any atom is -0.355 e. The van der Waals surface area contributed by atoms with Crippen LogP contribution >= 0.6 is 15.9 Å². The van der Waals surface area contributed by atoms with Crippen molar-refractivity contribution in [3.63, 3.8) is 0 Å². The van der Waals surface area contributed by atoms with Crippen LogP contribution in [0.5, 0.6) is 0 Å². The third-order valence-corrected chi connectivity index (χ3v) is 3.80. The average Bonchev–Trinajstić information content (AvgIpc) is 2.57. The van der Waals surface area contributed by atoms with Crippen LogP contribution in [0.2, 0.25) is 0 Å². The van der Waals surface area contributed by atoms with Gasteiger partial charge in [-0.3, -0.25) is 9.59 Å². The van der Waals surface area contributed by atoms with Crippen LogP contribution in [0.25, 0.3) is 0 Å². The van der Waals surface area contributed by atoms with E-state index in [2.05, 4.69) is 38.7 Å². The van der Waals surface area contributed by atoms with Gasteiger partial charge in [-0.25, -0.2) is 0 Å². The van der Waals surface area contributed by atoms with Crippen molar-refractivity contribution in [3.8, 4) is 0 Å². The Morgan fingerprint density at radius 3 is 2.48 bits per heavy atom. The average molecular weight is 375 g/mol. The van der Waals surface area contributed by atoms with Crippen LogP contribution in [-0.4, -0.2) is 24.9 Å². The summed E-state index contributed by atoms with van der Waals surface area (Å²) in [6.45, 7) is 0.581. The Bertz CT molecular complexity index is 659. The van der Waals surface area contributed by atoms with E-state index in [4.69, 9.17) is 0 Å². The summed E-state index contributed by atoms with van der Waals surface area (Å²) >= 11 is 3.31. The Labute approximate surface area is 144 Å². The molecule has 2 aromatic rings. The van der Waals surface area contributed by atoms with E-state index in [0.29, 0.717) is 12.1 Å². The van der Waals surface area contributed by atoms with Crippen molar-refractivity contribution < 1.29 is 9.59 Å². The van der Waals surface area contributed by atoms with E-state index in [-0.39, 0.29) is 18.4 Å². The van der Waals surface area contributed by atoms with E-state index in [0.717, 1.165) is 17.3 Å². The van der Waals surface area contributed by atoms with Gasteiger partial charge < -0.3 is 10.6 Å². The number of halogens is 1. The highest BCUT2D eigenvalue weighted by Crippen LogP contribution is 2.11. The van der Waals surface area contributed by atoms with Gasteiger partial charge in [0.15, 0.2) is 0 Å². The van der Waals surface area contributed by atoms with Gasteiger partial charge in [-0.05, 0) is 36.6 Å². The number of nitrogens with one attached hydrogen (secondary N) is 2. The molecule has 0 aliphatic rings. The topological polar surface area (TPSA) is 58.2 Å². The van der Waals surface area contributed by atoms with E-state index in [1.54, 1.807) is 18.2 Å². The Balaban J connectivity index is 1.64. The van der Waals surface area contributed by atoms with E-state index in [9.17, 15) is 9.59 Å². The highest BCUT2D eigenvalue weighted by molar-refractivity contribution is 9.10. The second-order valence-electron chi connectivity index (χ2n) is 5.13. The van der Waals surface area contributed by atoms with Gasteiger partial charge in [0.05, 0.1) is 6.54 Å². The lowest BCUT2D eigenvalue weighted by Crippen LogP contribution is -2.37. The third kappa shape index (κ3) is 6.24. The van der Waals surface area contributed by atoms with E-state index in [1.165, 1.54) is 5.56 Å². The van der Waals surface area contributed by atoms with Gasteiger partial charge in [-0.15, -0.1) is 0 Å². The Morgan fingerprint density at radius 1 is 0.957 bits per heavy atom. The van der Waals surface area contributed by atoms with Gasteiger partial charge in [0, 0.05) is 16.6 Å². The van der Waals surface area contributed by atoms with E-state index in [1.807, 2.05) is 24.3 Å². The van der Waals surface area contributed by atoms with Crippen LogP contribution in [0.15, 0.2) is 59.1 Å². The predicted molar refractivity (Wildman–Crippen MR) is 94.2 cm³/mol. The standard InChI is InChI=1S/C18H19BrN2O2/c19-16-10-4-9-15(12-16)18(23)21-13-17(22)20-11-5-8-14-6-2-1-3-7-14/h1-4,6-7,9-10,12H,5,8,11,13H2,(H,20,22)(H,21,23). The summed E-state index contributed by atoms with van der Waals surface area (Å²) in [5.74, 6) is -0.438. The summed E-state index contributed by atoms with van der Waals surface area (Å²) < 4.78 is 0.829. The predicted octanol–water partition coefficient (Wildman–Crippen LogP) is 2.93. The molecule has 2 rings (SSSR count). The number of hydrogen-bond donors (Lipinski definition) is 2. The van der Waals surface area contributed by atoms with Gasteiger partial charge in [0.1, 0.15) is 0 Å². The Morgan fingerprint density at radius 2 is 1.74 bits per heavy atom. The van der Waals surface area contributed by atoms with Crippen molar-refractivity contribution in [1.82, 2.24) is 10.6 Å². The number of aryl methyl sites for hydroxylation is 1. The number of carbonyl (C=O) groups excluding carboxylic acids is 2. The molecule has 2 N–H and O–H groups in total. The fourth-order valence-corrected chi connectivity index (χ4v) is 2.52. The first kappa shape index (κ1) is 17.2. The molecule has 0 aromatic heterocycles. The lowest BCUT2D eigenvalue weighted by atomic mass is 10.1. The lowest BCUT2D eigenvalue weighted by molar-refractivity contribution is -0.120. The summed E-state index contributed by atoms with van der Waals surface area (Å²) in [4.78, 5) is 23.6. The highest BCUT2D eigenvalue weighted by atomic mass is 79.9. The number of hydrogen-bond acceptors (Lipinski definition) is 2. The number of carbonyl (C=O) groups is 2. The van der Waals surface area contributed by atoms with Crippen molar-refractivity contribution in [3.05, 3.63) is 70.2 Å². The molecule has 2 amide bonds. The van der Waals surface area contributed by atoms with Crippen LogP contribution < -0.4 is 10.6 Å². The molecule has 0 aliphatic carbocycles. The molecule has 5 heteroatoms. The zero-order valence-electron chi connectivity index (χ0n) is 12.7. The molecule has 23 heavy (non-hydrogen) atoms. The molecule has 0 heterocycles. The van der Waals surface area contributed by atoms with E-state index < -0.39 is 0 Å². The number of rotatable bonds is 7. The minimum absolute atomic E-state index is 0.0172. The molecule has 4 nitrogen and oxygen atoms in total. The van der Waals surface area contributed by atoms with Crippen molar-refractivity contribution in [2.75, 3.05) is 13.1 Å². The largest absolute Gasteiger partial charge is 0.355 e. The normalized spacial score (nSPS) is 10.1. The van der Waals surface area contributed by atoms with Gasteiger partial charge in [-0.2, -0.15) is 0 Å². The second-order valence-corrected chi connectivity index (χ2v) is 6.05. The molecule has 0 spiro atoms. The third-order valence-electron chi connectivity index (χ3n) is 3.30. The molecule has 120 valence electrons. The molecule has 0 aliphatic heterocycles. The maximum atomic E-state index is 11.9. The molecule has 0 fully saturated rings. The van der Waals surface area contributed by atoms with Crippen molar-refractivity contribution >= 4 is 27.7 Å². The monoisotopic (exact) mass is 374 g/mol. The van der Waals surface area contributed by atoms with Gasteiger partial charge in [-0.1, -0.05) is 52.3 Å². The summed E-state index contributed by atoms with van der Waals surface area (Å²) in [5.41, 5.74) is 1.78. The van der Waals surface area contributed by atoms with E-state index >= 15 is 0 Å². The fraction of sp³-hybridized carbons (Fsp3) is 0.222. The maximum Gasteiger partial charge on any atom is 0.251 e. The smallest absolute Gasteiger partial charge is 0.251 e. The first-order valence-electron chi connectivity index (χ1n) is 7.49. The van der Waals surface area contributed by atoms with Crippen molar-refractivity contribution in [2.45, 2.75) is 12.8 Å². The zero-order valence-corrected chi connectivity index (χ0v) is 14.3. The number of benzene rings is 2. The van der Waals surface area contributed by atoms with Crippen LogP contribution in [0.1, 0.15) is 22.3 Å². The zero-order chi connectivity index (χ0) is 16.5. The molecule has 0 bridgehead atoms. The summed E-state index contributed by atoms with van der Waals surface area (Å²) in [6.07, 6.45) is 1.79. The molecular weight excluding hydrogens is 356 g/mol.